The maximum Gasteiger partial charge on any atom is 0.416 e. The maximum atomic E-state index is 13.3. The van der Waals surface area contributed by atoms with E-state index >= 15 is 0 Å². The molecule has 0 saturated carbocycles. The van der Waals surface area contributed by atoms with Crippen LogP contribution >= 0.6 is 15.9 Å². The van der Waals surface area contributed by atoms with Gasteiger partial charge in [0.05, 0.1) is 12.1 Å². The minimum atomic E-state index is -4.49. The Hall–Kier alpha value is -2.60. The number of anilines is 1. The van der Waals surface area contributed by atoms with Crippen LogP contribution in [0.4, 0.5) is 18.9 Å². The van der Waals surface area contributed by atoms with Crippen molar-refractivity contribution in [3.05, 3.63) is 87.9 Å². The molecule has 1 aliphatic rings. The summed E-state index contributed by atoms with van der Waals surface area (Å²) in [4.78, 5) is 14.1. The predicted molar refractivity (Wildman–Crippen MR) is 102 cm³/mol. The number of hydrogen-bond donors (Lipinski definition) is 0. The average Bonchev–Trinajstić information content (AvgIpc) is 2.98. The number of hydrogen-bond acceptors (Lipinski definition) is 1. The lowest BCUT2D eigenvalue weighted by Gasteiger charge is -2.17. The molecule has 0 aliphatic carbocycles. The third-order valence-corrected chi connectivity index (χ3v) is 5.31. The lowest BCUT2D eigenvalue weighted by molar-refractivity contribution is -0.138. The van der Waals surface area contributed by atoms with Gasteiger partial charge in [-0.1, -0.05) is 52.3 Å². The molecule has 3 aromatic carbocycles. The van der Waals surface area contributed by atoms with Gasteiger partial charge < -0.3 is 4.90 Å². The van der Waals surface area contributed by atoms with E-state index in [4.69, 9.17) is 0 Å². The molecule has 4 rings (SSSR count). The number of rotatable bonds is 2. The summed E-state index contributed by atoms with van der Waals surface area (Å²) in [6, 6.07) is 18.6. The van der Waals surface area contributed by atoms with Gasteiger partial charge in [-0.2, -0.15) is 13.2 Å². The van der Waals surface area contributed by atoms with E-state index in [1.165, 1.54) is 17.0 Å². The van der Waals surface area contributed by atoms with Crippen LogP contribution in [0.3, 0.4) is 0 Å². The van der Waals surface area contributed by atoms with Gasteiger partial charge in [0.25, 0.3) is 5.91 Å². The fourth-order valence-corrected chi connectivity index (χ4v) is 3.86. The monoisotopic (exact) mass is 431 g/mol. The molecule has 0 aromatic heterocycles. The molecular formula is C21H13BrF3NO. The minimum absolute atomic E-state index is 0.0290. The average molecular weight is 432 g/mol. The fourth-order valence-electron chi connectivity index (χ4n) is 3.34. The predicted octanol–water partition coefficient (Wildman–Crippen LogP) is 6.30. The molecule has 0 atom stereocenters. The molecule has 1 heterocycles. The Kier molecular flexibility index (Phi) is 4.30. The van der Waals surface area contributed by atoms with E-state index in [1.807, 2.05) is 36.4 Å². The number of halogens is 4. The van der Waals surface area contributed by atoms with E-state index < -0.39 is 17.6 Å². The number of nitrogens with zero attached hydrogens (tertiary/aromatic N) is 1. The Bertz CT molecular complexity index is 1050. The van der Waals surface area contributed by atoms with Crippen LogP contribution in [0.1, 0.15) is 21.5 Å². The van der Waals surface area contributed by atoms with Crippen molar-refractivity contribution in [3.63, 3.8) is 0 Å². The van der Waals surface area contributed by atoms with Gasteiger partial charge in [0.1, 0.15) is 0 Å². The molecule has 0 bridgehead atoms. The van der Waals surface area contributed by atoms with Crippen LogP contribution in [-0.2, 0) is 12.7 Å². The highest BCUT2D eigenvalue weighted by Crippen LogP contribution is 2.39. The van der Waals surface area contributed by atoms with Crippen LogP contribution in [0.2, 0.25) is 0 Å². The summed E-state index contributed by atoms with van der Waals surface area (Å²) < 4.78 is 40.8. The van der Waals surface area contributed by atoms with E-state index in [0.717, 1.165) is 21.7 Å². The molecule has 3 aromatic rings. The first kappa shape index (κ1) is 17.8. The highest BCUT2D eigenvalue weighted by Gasteiger charge is 2.39. The van der Waals surface area contributed by atoms with Crippen molar-refractivity contribution in [1.29, 1.82) is 0 Å². The van der Waals surface area contributed by atoms with E-state index in [9.17, 15) is 18.0 Å². The molecule has 0 radical (unpaired) electrons. The van der Waals surface area contributed by atoms with Crippen molar-refractivity contribution in [1.82, 2.24) is 0 Å². The first-order valence-corrected chi connectivity index (χ1v) is 9.01. The van der Waals surface area contributed by atoms with E-state index in [2.05, 4.69) is 15.9 Å². The van der Waals surface area contributed by atoms with E-state index in [1.54, 1.807) is 12.1 Å². The largest absolute Gasteiger partial charge is 0.416 e. The van der Waals surface area contributed by atoms with Crippen LogP contribution in [0.15, 0.2) is 71.2 Å². The van der Waals surface area contributed by atoms with Crippen LogP contribution < -0.4 is 4.90 Å². The molecule has 0 saturated heterocycles. The van der Waals surface area contributed by atoms with Gasteiger partial charge in [0.2, 0.25) is 0 Å². The number of carbonyl (C=O) groups is 1. The summed E-state index contributed by atoms with van der Waals surface area (Å²) in [5, 5.41) is 0. The van der Waals surface area contributed by atoms with Crippen LogP contribution in [0.5, 0.6) is 0 Å². The van der Waals surface area contributed by atoms with Crippen molar-refractivity contribution >= 4 is 27.5 Å². The molecule has 0 N–H and O–H groups in total. The molecule has 136 valence electrons. The molecule has 0 unspecified atom stereocenters. The zero-order valence-electron chi connectivity index (χ0n) is 13.9. The molecule has 1 aliphatic heterocycles. The zero-order valence-corrected chi connectivity index (χ0v) is 15.5. The van der Waals surface area contributed by atoms with E-state index in [-0.39, 0.29) is 17.7 Å². The summed E-state index contributed by atoms with van der Waals surface area (Å²) in [6.07, 6.45) is -4.49. The Morgan fingerprint density at radius 3 is 2.33 bits per heavy atom. The molecular weight excluding hydrogens is 419 g/mol. The number of alkyl halides is 3. The van der Waals surface area contributed by atoms with Crippen molar-refractivity contribution in [2.45, 2.75) is 12.7 Å². The second-order valence-electron chi connectivity index (χ2n) is 6.25. The molecule has 1 amide bonds. The lowest BCUT2D eigenvalue weighted by Crippen LogP contribution is -2.23. The first-order chi connectivity index (χ1) is 12.9. The third-order valence-electron chi connectivity index (χ3n) is 4.62. The Labute approximate surface area is 162 Å². The Balaban J connectivity index is 1.75. The van der Waals surface area contributed by atoms with Gasteiger partial charge in [-0.25, -0.2) is 0 Å². The molecule has 27 heavy (non-hydrogen) atoms. The van der Waals surface area contributed by atoms with Crippen LogP contribution in [0.25, 0.3) is 11.1 Å². The van der Waals surface area contributed by atoms with Gasteiger partial charge in [0.15, 0.2) is 0 Å². The maximum absolute atomic E-state index is 13.3. The Morgan fingerprint density at radius 1 is 0.889 bits per heavy atom. The second-order valence-corrected chi connectivity index (χ2v) is 7.11. The third kappa shape index (κ3) is 3.14. The topological polar surface area (TPSA) is 20.3 Å². The number of carbonyl (C=O) groups excluding carboxylic acids is 1. The van der Waals surface area contributed by atoms with Gasteiger partial charge in [-0.05, 0) is 47.0 Å². The van der Waals surface area contributed by atoms with Crippen molar-refractivity contribution < 1.29 is 18.0 Å². The normalized spacial score (nSPS) is 13.8. The lowest BCUT2D eigenvalue weighted by atomic mass is 10.0. The van der Waals surface area contributed by atoms with Crippen molar-refractivity contribution in [3.8, 4) is 11.1 Å². The smallest absolute Gasteiger partial charge is 0.304 e. The SMILES string of the molecule is O=C1c2cccc(C(F)(F)F)c2CN1c1cccc(-c2ccccc2Br)c1. The van der Waals surface area contributed by atoms with E-state index in [0.29, 0.717) is 5.69 Å². The number of benzene rings is 3. The standard InChI is InChI=1S/C21H13BrF3NO/c22-19-10-2-1-7-15(19)13-5-3-6-14(11-13)26-12-17-16(20(26)27)8-4-9-18(17)21(23,24)25/h1-11H,12H2. The Morgan fingerprint density at radius 2 is 1.59 bits per heavy atom. The summed E-state index contributed by atoms with van der Waals surface area (Å²) in [5.41, 5.74) is 1.77. The van der Waals surface area contributed by atoms with Gasteiger partial charge in [-0.15, -0.1) is 0 Å². The van der Waals surface area contributed by atoms with Gasteiger partial charge in [-0.3, -0.25) is 4.79 Å². The molecule has 0 fully saturated rings. The summed E-state index contributed by atoms with van der Waals surface area (Å²) in [5.74, 6) is -0.416. The summed E-state index contributed by atoms with van der Waals surface area (Å²) in [6.45, 7) is -0.0940. The van der Waals surface area contributed by atoms with Crippen LogP contribution in [0, 0.1) is 0 Å². The number of amides is 1. The number of fused-ring (bicyclic) bond motifs is 1. The second kappa shape index (κ2) is 6.53. The van der Waals surface area contributed by atoms with Crippen LogP contribution in [-0.4, -0.2) is 5.91 Å². The zero-order chi connectivity index (χ0) is 19.2. The van der Waals surface area contributed by atoms with Gasteiger partial charge >= 0.3 is 6.18 Å². The van der Waals surface area contributed by atoms with Crippen molar-refractivity contribution in [2.75, 3.05) is 4.90 Å². The highest BCUT2D eigenvalue weighted by molar-refractivity contribution is 9.10. The van der Waals surface area contributed by atoms with Crippen molar-refractivity contribution in [2.24, 2.45) is 0 Å². The summed E-state index contributed by atoms with van der Waals surface area (Å²) in [7, 11) is 0. The molecule has 6 heteroatoms. The quantitative estimate of drug-likeness (QED) is 0.466. The minimum Gasteiger partial charge on any atom is -0.304 e. The first-order valence-electron chi connectivity index (χ1n) is 8.22. The van der Waals surface area contributed by atoms with Gasteiger partial charge in [0, 0.05) is 15.7 Å². The fraction of sp³-hybridized carbons (Fsp3) is 0.0952. The molecule has 2 nitrogen and oxygen atoms in total. The highest BCUT2D eigenvalue weighted by atomic mass is 79.9. The summed E-state index contributed by atoms with van der Waals surface area (Å²) >= 11 is 3.50. The molecule has 0 spiro atoms.